The molecule has 0 atom stereocenters. The minimum atomic E-state index is -0.0757. The van der Waals surface area contributed by atoms with Crippen molar-refractivity contribution in [1.29, 1.82) is 0 Å². The van der Waals surface area contributed by atoms with Crippen molar-refractivity contribution in [2.75, 3.05) is 20.3 Å². The molecule has 0 radical (unpaired) electrons. The number of aliphatic hydroxyl groups excluding tert-OH is 1. The van der Waals surface area contributed by atoms with Gasteiger partial charge in [0.05, 0.1) is 20.1 Å². The normalized spacial score (nSPS) is 10.6. The molecule has 0 saturated carbocycles. The summed E-state index contributed by atoms with van der Waals surface area (Å²) in [6, 6.07) is 15.6. The predicted octanol–water partition coefficient (Wildman–Crippen LogP) is 3.42. The maximum atomic E-state index is 12.8. The van der Waals surface area contributed by atoms with E-state index in [1.54, 1.807) is 24.4 Å². The number of hydrogen-bond donors (Lipinski definition) is 1. The summed E-state index contributed by atoms with van der Waals surface area (Å²) >= 11 is 0. The maximum Gasteiger partial charge on any atom is 0.227 e. The highest BCUT2D eigenvalue weighted by Crippen LogP contribution is 2.17. The highest BCUT2D eigenvalue weighted by Gasteiger charge is 2.15. The number of carbonyl (C=O) groups excluding carboxylic acids is 1. The average Bonchev–Trinajstić information content (AvgIpc) is 2.73. The van der Waals surface area contributed by atoms with E-state index in [-0.39, 0.29) is 18.9 Å². The van der Waals surface area contributed by atoms with E-state index in [0.29, 0.717) is 18.8 Å². The van der Waals surface area contributed by atoms with Crippen LogP contribution in [0.5, 0.6) is 0 Å². The molecule has 2 aromatic carbocycles. The minimum Gasteiger partial charge on any atom is -0.497 e. The Balaban J connectivity index is 1.71. The summed E-state index contributed by atoms with van der Waals surface area (Å²) in [5, 5.41) is 11.5. The molecular weight excluding hydrogens is 352 g/mol. The van der Waals surface area contributed by atoms with Crippen LogP contribution in [0.2, 0.25) is 0 Å². The smallest absolute Gasteiger partial charge is 0.227 e. The Morgan fingerprint density at radius 1 is 1.11 bits per heavy atom. The van der Waals surface area contributed by atoms with Gasteiger partial charge in [0.2, 0.25) is 5.91 Å². The van der Waals surface area contributed by atoms with Gasteiger partial charge in [0.25, 0.3) is 0 Å². The molecule has 28 heavy (non-hydrogen) atoms. The van der Waals surface area contributed by atoms with E-state index in [1.807, 2.05) is 48.5 Å². The first-order valence-corrected chi connectivity index (χ1v) is 9.14. The number of ether oxygens (including phenoxy) is 1. The molecule has 3 rings (SSSR count). The number of fused-ring (bicyclic) bond motifs is 1. The van der Waals surface area contributed by atoms with E-state index < -0.39 is 0 Å². The van der Waals surface area contributed by atoms with Crippen LogP contribution in [-0.4, -0.2) is 41.2 Å². The van der Waals surface area contributed by atoms with Crippen LogP contribution >= 0.6 is 0 Å². The Labute approximate surface area is 164 Å². The Bertz CT molecular complexity index is 967. The second kappa shape index (κ2) is 9.15. The number of rotatable bonds is 8. The van der Waals surface area contributed by atoms with E-state index in [2.05, 4.69) is 11.6 Å². The molecule has 1 aromatic heterocycles. The molecule has 0 fully saturated rings. The van der Waals surface area contributed by atoms with E-state index >= 15 is 0 Å². The number of aliphatic hydroxyl groups is 1. The monoisotopic (exact) mass is 376 g/mol. The molecule has 0 aliphatic heterocycles. The standard InChI is InChI=1S/C23H24N2O3/c1-17(28-2)20-6-3-18(4-7-20)16-25(11-12-26)23(27)14-19-5-8-22-15-24-10-9-21(22)13-19/h3-10,13,15,26H,1,11-12,14,16H2,2H3. The second-order valence-electron chi connectivity index (χ2n) is 6.60. The van der Waals surface area contributed by atoms with E-state index in [0.717, 1.165) is 27.5 Å². The minimum absolute atomic E-state index is 0.0205. The van der Waals surface area contributed by atoms with Crippen molar-refractivity contribution in [3.63, 3.8) is 0 Å². The van der Waals surface area contributed by atoms with Crippen LogP contribution in [0, 0.1) is 0 Å². The summed E-state index contributed by atoms with van der Waals surface area (Å²) in [4.78, 5) is 18.6. The third kappa shape index (κ3) is 4.75. The van der Waals surface area contributed by atoms with Crippen LogP contribution in [0.25, 0.3) is 16.5 Å². The van der Waals surface area contributed by atoms with Crippen LogP contribution in [0.3, 0.4) is 0 Å². The molecule has 0 bridgehead atoms. The largest absolute Gasteiger partial charge is 0.497 e. The molecule has 5 nitrogen and oxygen atoms in total. The first-order chi connectivity index (χ1) is 13.6. The highest BCUT2D eigenvalue weighted by molar-refractivity contribution is 5.84. The lowest BCUT2D eigenvalue weighted by atomic mass is 10.1. The zero-order valence-corrected chi connectivity index (χ0v) is 16.0. The lowest BCUT2D eigenvalue weighted by Gasteiger charge is -2.22. The molecule has 3 aromatic rings. The van der Waals surface area contributed by atoms with Gasteiger partial charge in [-0.15, -0.1) is 0 Å². The van der Waals surface area contributed by atoms with Crippen molar-refractivity contribution in [3.05, 3.63) is 84.2 Å². The van der Waals surface area contributed by atoms with E-state index in [9.17, 15) is 9.90 Å². The lowest BCUT2D eigenvalue weighted by Crippen LogP contribution is -2.34. The van der Waals surface area contributed by atoms with Crippen LogP contribution in [-0.2, 0) is 22.5 Å². The second-order valence-corrected chi connectivity index (χ2v) is 6.60. The van der Waals surface area contributed by atoms with Gasteiger partial charge < -0.3 is 14.7 Å². The van der Waals surface area contributed by atoms with Crippen LogP contribution in [0.1, 0.15) is 16.7 Å². The number of aromatic nitrogens is 1. The Morgan fingerprint density at radius 2 is 1.86 bits per heavy atom. The van der Waals surface area contributed by atoms with Gasteiger partial charge in [-0.25, -0.2) is 0 Å². The molecule has 0 aliphatic carbocycles. The summed E-state index contributed by atoms with van der Waals surface area (Å²) in [5.41, 5.74) is 2.83. The van der Waals surface area contributed by atoms with Gasteiger partial charge >= 0.3 is 0 Å². The molecule has 5 heteroatoms. The van der Waals surface area contributed by atoms with Crippen molar-refractivity contribution in [1.82, 2.24) is 9.88 Å². The number of carbonyl (C=O) groups is 1. The molecule has 0 saturated heterocycles. The first kappa shape index (κ1) is 19.6. The van der Waals surface area contributed by atoms with Gasteiger partial charge in [-0.05, 0) is 22.6 Å². The lowest BCUT2D eigenvalue weighted by molar-refractivity contribution is -0.131. The number of methoxy groups -OCH3 is 1. The summed E-state index contributed by atoms with van der Waals surface area (Å²) in [6.07, 6.45) is 3.84. The van der Waals surface area contributed by atoms with Gasteiger partial charge in [0.1, 0.15) is 5.76 Å². The molecule has 0 aliphatic rings. The molecule has 1 heterocycles. The van der Waals surface area contributed by atoms with Crippen LogP contribution < -0.4 is 0 Å². The summed E-state index contributed by atoms with van der Waals surface area (Å²) in [7, 11) is 1.58. The molecule has 0 spiro atoms. The third-order valence-electron chi connectivity index (χ3n) is 4.68. The fraction of sp³-hybridized carbons (Fsp3) is 0.217. The summed E-state index contributed by atoms with van der Waals surface area (Å²) < 4.78 is 5.13. The van der Waals surface area contributed by atoms with Crippen molar-refractivity contribution in [2.45, 2.75) is 13.0 Å². The van der Waals surface area contributed by atoms with Crippen molar-refractivity contribution in [3.8, 4) is 0 Å². The number of nitrogens with zero attached hydrogens (tertiary/aromatic N) is 2. The van der Waals surface area contributed by atoms with Crippen molar-refractivity contribution < 1.29 is 14.6 Å². The first-order valence-electron chi connectivity index (χ1n) is 9.14. The zero-order valence-electron chi connectivity index (χ0n) is 16.0. The molecule has 1 N–H and O–H groups in total. The van der Waals surface area contributed by atoms with E-state index in [1.165, 1.54) is 0 Å². The quantitative estimate of drug-likeness (QED) is 0.612. The number of pyridine rings is 1. The Morgan fingerprint density at radius 3 is 2.57 bits per heavy atom. The fourth-order valence-electron chi connectivity index (χ4n) is 3.08. The Hall–Kier alpha value is -3.18. The maximum absolute atomic E-state index is 12.8. The number of hydrogen-bond acceptors (Lipinski definition) is 4. The van der Waals surface area contributed by atoms with Crippen LogP contribution in [0.15, 0.2) is 67.5 Å². The van der Waals surface area contributed by atoms with Crippen molar-refractivity contribution >= 4 is 22.4 Å². The number of benzene rings is 2. The van der Waals surface area contributed by atoms with Gasteiger partial charge in [-0.3, -0.25) is 9.78 Å². The van der Waals surface area contributed by atoms with Gasteiger partial charge in [0, 0.05) is 36.4 Å². The SMILES string of the molecule is C=C(OC)c1ccc(CN(CCO)C(=O)Cc2ccc3cnccc3c2)cc1. The van der Waals surface area contributed by atoms with Gasteiger partial charge in [-0.1, -0.05) is 49.0 Å². The molecule has 0 unspecified atom stereocenters. The third-order valence-corrected chi connectivity index (χ3v) is 4.68. The molecular formula is C23H24N2O3. The number of amides is 1. The topological polar surface area (TPSA) is 62.7 Å². The molecule has 144 valence electrons. The van der Waals surface area contributed by atoms with Crippen LogP contribution in [0.4, 0.5) is 0 Å². The molecule has 1 amide bonds. The fourth-order valence-corrected chi connectivity index (χ4v) is 3.08. The van der Waals surface area contributed by atoms with Gasteiger partial charge in [0.15, 0.2) is 0 Å². The van der Waals surface area contributed by atoms with Crippen molar-refractivity contribution in [2.24, 2.45) is 0 Å². The highest BCUT2D eigenvalue weighted by atomic mass is 16.5. The Kier molecular flexibility index (Phi) is 6.40. The summed E-state index contributed by atoms with van der Waals surface area (Å²) in [6.45, 7) is 4.50. The van der Waals surface area contributed by atoms with Gasteiger partial charge in [-0.2, -0.15) is 0 Å². The van der Waals surface area contributed by atoms with E-state index in [4.69, 9.17) is 4.74 Å². The predicted molar refractivity (Wildman–Crippen MR) is 110 cm³/mol. The zero-order chi connectivity index (χ0) is 19.9. The average molecular weight is 376 g/mol. The summed E-state index contributed by atoms with van der Waals surface area (Å²) in [5.74, 6) is 0.578.